The maximum absolute atomic E-state index is 12.5. The lowest BCUT2D eigenvalue weighted by Crippen LogP contribution is -2.31. The summed E-state index contributed by atoms with van der Waals surface area (Å²) in [6, 6.07) is 11.0. The van der Waals surface area contributed by atoms with E-state index in [2.05, 4.69) is 16.1 Å². The molecule has 0 saturated carbocycles. The van der Waals surface area contributed by atoms with Crippen LogP contribution in [-0.4, -0.2) is 34.1 Å². The quantitative estimate of drug-likeness (QED) is 0.531. The molecule has 7 heteroatoms. The molecule has 2 aromatic heterocycles. The first-order chi connectivity index (χ1) is 13.7. The lowest BCUT2D eigenvalue weighted by Gasteiger charge is -2.18. The number of rotatable bonds is 9. The number of benzene rings is 1. The van der Waals surface area contributed by atoms with Crippen molar-refractivity contribution in [1.29, 1.82) is 0 Å². The van der Waals surface area contributed by atoms with E-state index >= 15 is 0 Å². The van der Waals surface area contributed by atoms with Crippen molar-refractivity contribution in [3.63, 3.8) is 0 Å². The van der Waals surface area contributed by atoms with E-state index in [1.807, 2.05) is 31.2 Å². The van der Waals surface area contributed by atoms with Gasteiger partial charge in [0.05, 0.1) is 26.0 Å². The van der Waals surface area contributed by atoms with Crippen LogP contribution in [0.1, 0.15) is 25.0 Å². The van der Waals surface area contributed by atoms with Crippen molar-refractivity contribution < 1.29 is 18.5 Å². The number of terminal acetylenes is 1. The SMILES string of the molecule is C#CCN(Cc1ccco1)C(=O)CCc1nc(-c2ccc(OCC)cc2)no1. The minimum absolute atomic E-state index is 0.102. The average molecular weight is 379 g/mol. The molecule has 28 heavy (non-hydrogen) atoms. The molecule has 0 aliphatic carbocycles. The van der Waals surface area contributed by atoms with Gasteiger partial charge in [0.15, 0.2) is 0 Å². The van der Waals surface area contributed by atoms with Crippen LogP contribution in [0.25, 0.3) is 11.4 Å². The largest absolute Gasteiger partial charge is 0.494 e. The average Bonchev–Trinajstić information content (AvgIpc) is 3.39. The molecule has 0 fully saturated rings. The van der Waals surface area contributed by atoms with Gasteiger partial charge in [-0.25, -0.2) is 0 Å². The Labute approximate surface area is 163 Å². The molecule has 0 unspecified atom stereocenters. The Morgan fingerprint density at radius 1 is 1.29 bits per heavy atom. The van der Waals surface area contributed by atoms with Gasteiger partial charge in [-0.1, -0.05) is 11.1 Å². The van der Waals surface area contributed by atoms with E-state index in [-0.39, 0.29) is 18.9 Å². The number of carbonyl (C=O) groups excluding carboxylic acids is 1. The number of aromatic nitrogens is 2. The minimum atomic E-state index is -0.102. The van der Waals surface area contributed by atoms with Gasteiger partial charge < -0.3 is 18.6 Å². The van der Waals surface area contributed by atoms with Gasteiger partial charge in [-0.15, -0.1) is 6.42 Å². The molecule has 2 heterocycles. The molecule has 0 bridgehead atoms. The molecule has 7 nitrogen and oxygen atoms in total. The van der Waals surface area contributed by atoms with Crippen molar-refractivity contribution in [3.05, 3.63) is 54.3 Å². The second-order valence-electron chi connectivity index (χ2n) is 6.00. The molecule has 1 amide bonds. The molecule has 0 aliphatic heterocycles. The van der Waals surface area contributed by atoms with Gasteiger partial charge in [0.1, 0.15) is 11.5 Å². The van der Waals surface area contributed by atoms with Gasteiger partial charge in [0.2, 0.25) is 17.6 Å². The lowest BCUT2D eigenvalue weighted by molar-refractivity contribution is -0.131. The molecule has 0 saturated heterocycles. The topological polar surface area (TPSA) is 81.6 Å². The van der Waals surface area contributed by atoms with E-state index in [4.69, 9.17) is 20.1 Å². The summed E-state index contributed by atoms with van der Waals surface area (Å²) in [5.74, 6) is 4.73. The highest BCUT2D eigenvalue weighted by atomic mass is 16.5. The number of carbonyl (C=O) groups is 1. The Bertz CT molecular complexity index is 923. The summed E-state index contributed by atoms with van der Waals surface area (Å²) in [6.45, 7) is 3.08. The molecular weight excluding hydrogens is 358 g/mol. The van der Waals surface area contributed by atoms with E-state index in [1.165, 1.54) is 0 Å². The van der Waals surface area contributed by atoms with Crippen molar-refractivity contribution in [1.82, 2.24) is 15.0 Å². The van der Waals surface area contributed by atoms with Gasteiger partial charge in [-0.2, -0.15) is 4.98 Å². The lowest BCUT2D eigenvalue weighted by atomic mass is 10.2. The van der Waals surface area contributed by atoms with Crippen LogP contribution in [0.4, 0.5) is 0 Å². The van der Waals surface area contributed by atoms with Crippen LogP contribution in [0, 0.1) is 12.3 Å². The van der Waals surface area contributed by atoms with Crippen LogP contribution in [0.15, 0.2) is 51.6 Å². The number of ether oxygens (including phenoxy) is 1. The maximum Gasteiger partial charge on any atom is 0.227 e. The zero-order valence-electron chi connectivity index (χ0n) is 15.6. The van der Waals surface area contributed by atoms with E-state index < -0.39 is 0 Å². The van der Waals surface area contributed by atoms with Gasteiger partial charge >= 0.3 is 0 Å². The second-order valence-corrected chi connectivity index (χ2v) is 6.00. The molecule has 0 atom stereocenters. The fourth-order valence-corrected chi connectivity index (χ4v) is 2.65. The van der Waals surface area contributed by atoms with E-state index in [0.717, 1.165) is 11.3 Å². The summed E-state index contributed by atoms with van der Waals surface area (Å²) in [6.07, 6.45) is 7.49. The van der Waals surface area contributed by atoms with Crippen LogP contribution in [0.3, 0.4) is 0 Å². The third-order valence-corrected chi connectivity index (χ3v) is 4.01. The summed E-state index contributed by atoms with van der Waals surface area (Å²) in [5, 5.41) is 3.98. The first-order valence-electron chi connectivity index (χ1n) is 8.99. The molecule has 3 rings (SSSR count). The second kappa shape index (κ2) is 9.42. The molecule has 0 aliphatic rings. The van der Waals surface area contributed by atoms with E-state index in [9.17, 15) is 4.79 Å². The van der Waals surface area contributed by atoms with E-state index in [0.29, 0.717) is 37.0 Å². The van der Waals surface area contributed by atoms with Crippen LogP contribution in [0.5, 0.6) is 5.75 Å². The Balaban J connectivity index is 1.58. The maximum atomic E-state index is 12.5. The van der Waals surface area contributed by atoms with Crippen molar-refractivity contribution in [3.8, 4) is 29.5 Å². The zero-order valence-corrected chi connectivity index (χ0v) is 15.6. The number of furan rings is 1. The number of amides is 1. The number of hydrogen-bond acceptors (Lipinski definition) is 6. The first-order valence-corrected chi connectivity index (χ1v) is 8.99. The standard InChI is InChI=1S/C21H21N3O4/c1-3-13-24(15-18-6-5-14-27-18)20(25)12-11-19-22-21(23-28-19)16-7-9-17(10-8-16)26-4-2/h1,5-10,14H,4,11-13,15H2,2H3. The van der Waals surface area contributed by atoms with Crippen molar-refractivity contribution in [2.75, 3.05) is 13.2 Å². The van der Waals surface area contributed by atoms with E-state index in [1.54, 1.807) is 23.3 Å². The van der Waals surface area contributed by atoms with Crippen LogP contribution in [-0.2, 0) is 17.8 Å². The predicted molar refractivity (Wildman–Crippen MR) is 102 cm³/mol. The monoisotopic (exact) mass is 379 g/mol. The molecular formula is C21H21N3O4. The zero-order chi connectivity index (χ0) is 19.8. The molecule has 0 N–H and O–H groups in total. The Morgan fingerprint density at radius 2 is 2.11 bits per heavy atom. The number of hydrogen-bond donors (Lipinski definition) is 0. The van der Waals surface area contributed by atoms with Crippen LogP contribution < -0.4 is 4.74 Å². The Kier molecular flexibility index (Phi) is 6.47. The number of nitrogens with zero attached hydrogens (tertiary/aromatic N) is 3. The van der Waals surface area contributed by atoms with Gasteiger partial charge in [0.25, 0.3) is 0 Å². The third-order valence-electron chi connectivity index (χ3n) is 4.01. The highest BCUT2D eigenvalue weighted by Gasteiger charge is 2.16. The highest BCUT2D eigenvalue weighted by Crippen LogP contribution is 2.20. The smallest absolute Gasteiger partial charge is 0.227 e. The van der Waals surface area contributed by atoms with Crippen molar-refractivity contribution >= 4 is 5.91 Å². The summed E-state index contributed by atoms with van der Waals surface area (Å²) >= 11 is 0. The molecule has 3 aromatic rings. The van der Waals surface area contributed by atoms with Crippen molar-refractivity contribution in [2.24, 2.45) is 0 Å². The highest BCUT2D eigenvalue weighted by molar-refractivity contribution is 5.76. The fourth-order valence-electron chi connectivity index (χ4n) is 2.65. The van der Waals surface area contributed by atoms with Crippen molar-refractivity contribution in [2.45, 2.75) is 26.3 Å². The molecule has 0 spiro atoms. The third kappa shape index (κ3) is 5.01. The first kappa shape index (κ1) is 19.2. The summed E-state index contributed by atoms with van der Waals surface area (Å²) < 4.78 is 16.0. The summed E-state index contributed by atoms with van der Waals surface area (Å²) in [4.78, 5) is 18.4. The fraction of sp³-hybridized carbons (Fsp3) is 0.286. The predicted octanol–water partition coefficient (Wildman–Crippen LogP) is 3.32. The van der Waals surface area contributed by atoms with Gasteiger partial charge in [-0.3, -0.25) is 4.79 Å². The molecule has 1 aromatic carbocycles. The van der Waals surface area contributed by atoms with Crippen LogP contribution in [0.2, 0.25) is 0 Å². The van der Waals surface area contributed by atoms with Gasteiger partial charge in [0, 0.05) is 18.4 Å². The molecule has 0 radical (unpaired) electrons. The normalized spacial score (nSPS) is 10.4. The van der Waals surface area contributed by atoms with Crippen LogP contribution >= 0.6 is 0 Å². The Hall–Kier alpha value is -3.53. The summed E-state index contributed by atoms with van der Waals surface area (Å²) in [7, 11) is 0. The molecule has 144 valence electrons. The van der Waals surface area contributed by atoms with Gasteiger partial charge in [-0.05, 0) is 43.3 Å². The number of aryl methyl sites for hydroxylation is 1. The Morgan fingerprint density at radius 3 is 2.79 bits per heavy atom. The minimum Gasteiger partial charge on any atom is -0.494 e. The summed E-state index contributed by atoms with van der Waals surface area (Å²) in [5.41, 5.74) is 0.816.